The van der Waals surface area contributed by atoms with Crippen molar-refractivity contribution in [1.29, 1.82) is 0 Å². The van der Waals surface area contributed by atoms with Crippen molar-refractivity contribution in [3.05, 3.63) is 0 Å². The van der Waals surface area contributed by atoms with Crippen molar-refractivity contribution in [2.75, 3.05) is 31.7 Å². The molecule has 0 aromatic rings. The quantitative estimate of drug-likeness (QED) is 0.745. The van der Waals surface area contributed by atoms with Crippen LogP contribution in [0.15, 0.2) is 0 Å². The van der Waals surface area contributed by atoms with Crippen LogP contribution in [0.2, 0.25) is 0 Å². The summed E-state index contributed by atoms with van der Waals surface area (Å²) in [4.78, 5) is 13.8. The van der Waals surface area contributed by atoms with Gasteiger partial charge in [0.2, 0.25) is 0 Å². The zero-order chi connectivity index (χ0) is 14.5. The largest absolute Gasteiger partial charge is 0.444 e. The standard InChI is InChI=1S/C14H27NO3S/c1-13(2,3)18-12(16)15-8-6-7-14(4,11-15)17-9-10-19-5/h6-11H2,1-5H3. The van der Waals surface area contributed by atoms with Crippen molar-refractivity contribution in [1.82, 2.24) is 4.90 Å². The van der Waals surface area contributed by atoms with Crippen molar-refractivity contribution in [3.63, 3.8) is 0 Å². The van der Waals surface area contributed by atoms with E-state index in [0.717, 1.165) is 31.7 Å². The van der Waals surface area contributed by atoms with Crippen LogP contribution >= 0.6 is 11.8 Å². The summed E-state index contributed by atoms with van der Waals surface area (Å²) in [6.07, 6.45) is 3.81. The molecule has 1 aliphatic heterocycles. The van der Waals surface area contributed by atoms with Crippen LogP contribution in [0.5, 0.6) is 0 Å². The molecule has 1 rings (SSSR count). The number of nitrogens with zero attached hydrogens (tertiary/aromatic N) is 1. The van der Waals surface area contributed by atoms with E-state index in [2.05, 4.69) is 13.2 Å². The Hall–Kier alpha value is -0.420. The zero-order valence-electron chi connectivity index (χ0n) is 12.8. The normalized spacial score (nSPS) is 24.4. The van der Waals surface area contributed by atoms with Gasteiger partial charge in [-0.1, -0.05) is 0 Å². The molecule has 5 heteroatoms. The fourth-order valence-electron chi connectivity index (χ4n) is 2.18. The van der Waals surface area contributed by atoms with Gasteiger partial charge in [-0.3, -0.25) is 0 Å². The minimum absolute atomic E-state index is 0.230. The number of rotatable bonds is 4. The molecule has 0 bridgehead atoms. The molecule has 0 N–H and O–H groups in total. The van der Waals surface area contributed by atoms with E-state index in [0.29, 0.717) is 6.54 Å². The highest BCUT2D eigenvalue weighted by Gasteiger charge is 2.35. The summed E-state index contributed by atoms with van der Waals surface area (Å²) < 4.78 is 11.4. The van der Waals surface area contributed by atoms with E-state index in [4.69, 9.17) is 9.47 Å². The van der Waals surface area contributed by atoms with E-state index in [1.165, 1.54) is 0 Å². The second-order valence-corrected chi connectivity index (χ2v) is 7.28. The third-order valence-electron chi connectivity index (χ3n) is 3.05. The van der Waals surface area contributed by atoms with Crippen LogP contribution in [0.1, 0.15) is 40.5 Å². The van der Waals surface area contributed by atoms with Gasteiger partial charge in [-0.05, 0) is 46.8 Å². The molecule has 1 aliphatic rings. The molecule has 1 unspecified atom stereocenters. The first kappa shape index (κ1) is 16.6. The van der Waals surface area contributed by atoms with E-state index in [1.54, 1.807) is 16.7 Å². The molecule has 1 heterocycles. The van der Waals surface area contributed by atoms with Crippen LogP contribution in [0, 0.1) is 0 Å². The molecule has 112 valence electrons. The van der Waals surface area contributed by atoms with E-state index in [9.17, 15) is 4.79 Å². The van der Waals surface area contributed by atoms with Gasteiger partial charge >= 0.3 is 6.09 Å². The average Bonchev–Trinajstić information content (AvgIpc) is 2.27. The molecule has 4 nitrogen and oxygen atoms in total. The Bertz CT molecular complexity index is 304. The first-order valence-corrected chi connectivity index (χ1v) is 8.26. The van der Waals surface area contributed by atoms with Crippen molar-refractivity contribution >= 4 is 17.9 Å². The molecule has 0 aromatic heterocycles. The number of ether oxygens (including phenoxy) is 2. The minimum atomic E-state index is -0.440. The number of hydrogen-bond donors (Lipinski definition) is 0. The Morgan fingerprint density at radius 3 is 2.68 bits per heavy atom. The predicted molar refractivity (Wildman–Crippen MR) is 79.8 cm³/mol. The van der Waals surface area contributed by atoms with Gasteiger partial charge < -0.3 is 14.4 Å². The molecular formula is C14H27NO3S. The number of piperidine rings is 1. The molecule has 0 radical (unpaired) electrons. The maximum Gasteiger partial charge on any atom is 0.410 e. The first-order valence-electron chi connectivity index (χ1n) is 6.87. The van der Waals surface area contributed by atoms with Gasteiger partial charge in [0.25, 0.3) is 0 Å². The number of thioether (sulfide) groups is 1. The first-order chi connectivity index (χ1) is 8.76. The fraction of sp³-hybridized carbons (Fsp3) is 0.929. The third-order valence-corrected chi connectivity index (χ3v) is 3.62. The number of carbonyl (C=O) groups excluding carboxylic acids is 1. The highest BCUT2D eigenvalue weighted by Crippen LogP contribution is 2.26. The predicted octanol–water partition coefficient (Wildman–Crippen LogP) is 3.16. The summed E-state index contributed by atoms with van der Waals surface area (Å²) in [5, 5.41) is 0. The summed E-state index contributed by atoms with van der Waals surface area (Å²) in [5.74, 6) is 0.988. The van der Waals surface area contributed by atoms with Crippen LogP contribution < -0.4 is 0 Å². The summed E-state index contributed by atoms with van der Waals surface area (Å²) in [7, 11) is 0. The summed E-state index contributed by atoms with van der Waals surface area (Å²) in [5.41, 5.74) is -0.671. The van der Waals surface area contributed by atoms with Crippen LogP contribution in [0.25, 0.3) is 0 Å². The number of amides is 1. The fourth-order valence-corrected chi connectivity index (χ4v) is 2.43. The molecule has 19 heavy (non-hydrogen) atoms. The Balaban J connectivity index is 2.51. The molecule has 0 aromatic carbocycles. The van der Waals surface area contributed by atoms with Crippen molar-refractivity contribution in [2.24, 2.45) is 0 Å². The van der Waals surface area contributed by atoms with Crippen LogP contribution in [-0.4, -0.2) is 53.9 Å². The molecule has 1 amide bonds. The Kier molecular flexibility index (Phi) is 5.99. The lowest BCUT2D eigenvalue weighted by Gasteiger charge is -2.40. The average molecular weight is 289 g/mol. The number of hydrogen-bond acceptors (Lipinski definition) is 4. The molecule has 1 saturated heterocycles. The van der Waals surface area contributed by atoms with Crippen LogP contribution in [0.4, 0.5) is 4.79 Å². The third kappa shape index (κ3) is 6.04. The van der Waals surface area contributed by atoms with Crippen molar-refractivity contribution in [2.45, 2.75) is 51.7 Å². The molecule has 1 atom stereocenters. The summed E-state index contributed by atoms with van der Waals surface area (Å²) >= 11 is 1.77. The van der Waals surface area contributed by atoms with Gasteiger partial charge in [-0.15, -0.1) is 0 Å². The van der Waals surface area contributed by atoms with Crippen molar-refractivity contribution in [3.8, 4) is 0 Å². The zero-order valence-corrected chi connectivity index (χ0v) is 13.6. The van der Waals surface area contributed by atoms with Crippen LogP contribution in [-0.2, 0) is 9.47 Å². The van der Waals surface area contributed by atoms with Gasteiger partial charge in [-0.25, -0.2) is 4.79 Å². The van der Waals surface area contributed by atoms with Gasteiger partial charge in [0.1, 0.15) is 5.60 Å². The van der Waals surface area contributed by atoms with Gasteiger partial charge in [0.05, 0.1) is 18.8 Å². The second-order valence-electron chi connectivity index (χ2n) is 6.30. The van der Waals surface area contributed by atoms with E-state index >= 15 is 0 Å². The maximum absolute atomic E-state index is 12.1. The highest BCUT2D eigenvalue weighted by molar-refractivity contribution is 7.98. The lowest BCUT2D eigenvalue weighted by molar-refractivity contribution is -0.0744. The second kappa shape index (κ2) is 6.84. The van der Waals surface area contributed by atoms with Gasteiger partial charge in [-0.2, -0.15) is 11.8 Å². The number of carbonyl (C=O) groups is 1. The molecule has 0 aliphatic carbocycles. The minimum Gasteiger partial charge on any atom is -0.444 e. The van der Waals surface area contributed by atoms with E-state index in [-0.39, 0.29) is 11.7 Å². The van der Waals surface area contributed by atoms with E-state index in [1.807, 2.05) is 20.8 Å². The molecule has 0 spiro atoms. The SMILES string of the molecule is CSCCOC1(C)CCCN(C(=O)OC(C)(C)C)C1. The molecule has 0 saturated carbocycles. The molecule has 1 fully saturated rings. The summed E-state index contributed by atoms with van der Waals surface area (Å²) in [6, 6.07) is 0. The Morgan fingerprint density at radius 1 is 1.42 bits per heavy atom. The van der Waals surface area contributed by atoms with Gasteiger partial charge in [0, 0.05) is 12.3 Å². The number of likely N-dealkylation sites (tertiary alicyclic amines) is 1. The molecular weight excluding hydrogens is 262 g/mol. The lowest BCUT2D eigenvalue weighted by Crippen LogP contribution is -2.51. The lowest BCUT2D eigenvalue weighted by atomic mass is 9.95. The monoisotopic (exact) mass is 289 g/mol. The van der Waals surface area contributed by atoms with E-state index < -0.39 is 5.60 Å². The Labute approximate surface area is 121 Å². The van der Waals surface area contributed by atoms with Crippen LogP contribution in [0.3, 0.4) is 0 Å². The smallest absolute Gasteiger partial charge is 0.410 e. The highest BCUT2D eigenvalue weighted by atomic mass is 32.2. The van der Waals surface area contributed by atoms with Gasteiger partial charge in [0.15, 0.2) is 0 Å². The van der Waals surface area contributed by atoms with Crippen molar-refractivity contribution < 1.29 is 14.3 Å². The summed E-state index contributed by atoms with van der Waals surface area (Å²) in [6.45, 7) is 9.88. The Morgan fingerprint density at radius 2 is 2.11 bits per heavy atom. The topological polar surface area (TPSA) is 38.8 Å². The maximum atomic E-state index is 12.1.